The first-order valence-corrected chi connectivity index (χ1v) is 4.59. The molecule has 0 spiro atoms. The highest BCUT2D eigenvalue weighted by molar-refractivity contribution is 5.37. The lowest BCUT2D eigenvalue weighted by Gasteiger charge is -2.20. The van der Waals surface area contributed by atoms with Crippen LogP contribution in [0, 0.1) is 6.92 Å². The molecule has 13 heavy (non-hydrogen) atoms. The van der Waals surface area contributed by atoms with Crippen LogP contribution < -0.4 is 4.74 Å². The number of aryl methyl sites for hydroxylation is 1. The molecular formula is C12H18O. The second-order valence-electron chi connectivity index (χ2n) is 4.49. The van der Waals surface area contributed by atoms with Crippen molar-refractivity contribution in [2.75, 3.05) is 7.11 Å². The van der Waals surface area contributed by atoms with E-state index in [2.05, 4.69) is 45.9 Å². The number of benzene rings is 1. The molecule has 0 radical (unpaired) electrons. The van der Waals surface area contributed by atoms with E-state index in [4.69, 9.17) is 4.74 Å². The number of rotatable bonds is 1. The molecule has 0 unspecified atom stereocenters. The highest BCUT2D eigenvalue weighted by Crippen LogP contribution is 2.27. The Morgan fingerprint density at radius 3 is 2.15 bits per heavy atom. The average molecular weight is 178 g/mol. The van der Waals surface area contributed by atoms with Gasteiger partial charge in [0.25, 0.3) is 0 Å². The Morgan fingerprint density at radius 2 is 1.69 bits per heavy atom. The first-order valence-electron chi connectivity index (χ1n) is 4.59. The van der Waals surface area contributed by atoms with E-state index in [-0.39, 0.29) is 5.41 Å². The van der Waals surface area contributed by atoms with E-state index < -0.39 is 0 Å². The number of ether oxygens (including phenoxy) is 1. The molecule has 0 fully saturated rings. The third-order valence-electron chi connectivity index (χ3n) is 2.15. The maximum absolute atomic E-state index is 5.23. The molecule has 0 saturated heterocycles. The van der Waals surface area contributed by atoms with Gasteiger partial charge in [0.2, 0.25) is 0 Å². The van der Waals surface area contributed by atoms with Crippen LogP contribution in [0.5, 0.6) is 5.75 Å². The van der Waals surface area contributed by atoms with Gasteiger partial charge in [0.1, 0.15) is 5.75 Å². The molecule has 0 aliphatic rings. The average Bonchev–Trinajstić information content (AvgIpc) is 2.01. The standard InChI is InChI=1S/C12H18O/c1-9-6-10(12(2,3)4)8-11(7-9)13-5/h6-8H,1-5H3. The van der Waals surface area contributed by atoms with E-state index >= 15 is 0 Å². The molecule has 1 aromatic rings. The number of hydrogen-bond acceptors (Lipinski definition) is 1. The summed E-state index contributed by atoms with van der Waals surface area (Å²) in [7, 11) is 1.71. The first kappa shape index (κ1) is 10.1. The highest BCUT2D eigenvalue weighted by Gasteiger charge is 2.14. The number of methoxy groups -OCH3 is 1. The van der Waals surface area contributed by atoms with Crippen LogP contribution in [0.2, 0.25) is 0 Å². The minimum Gasteiger partial charge on any atom is -0.497 e. The molecule has 0 bridgehead atoms. The van der Waals surface area contributed by atoms with Gasteiger partial charge < -0.3 is 4.74 Å². The summed E-state index contributed by atoms with van der Waals surface area (Å²) in [6.07, 6.45) is 0. The molecule has 1 aromatic carbocycles. The Bertz CT molecular complexity index is 294. The fourth-order valence-corrected chi connectivity index (χ4v) is 1.30. The van der Waals surface area contributed by atoms with Crippen molar-refractivity contribution in [3.05, 3.63) is 29.3 Å². The maximum Gasteiger partial charge on any atom is 0.119 e. The van der Waals surface area contributed by atoms with Crippen LogP contribution in [-0.2, 0) is 5.41 Å². The van der Waals surface area contributed by atoms with Gasteiger partial charge in [0.05, 0.1) is 7.11 Å². The molecule has 0 atom stereocenters. The smallest absolute Gasteiger partial charge is 0.119 e. The molecule has 1 rings (SSSR count). The van der Waals surface area contributed by atoms with Crippen molar-refractivity contribution in [1.29, 1.82) is 0 Å². The maximum atomic E-state index is 5.23. The molecule has 0 aliphatic heterocycles. The van der Waals surface area contributed by atoms with E-state index in [1.807, 2.05) is 0 Å². The molecule has 0 amide bonds. The van der Waals surface area contributed by atoms with Crippen molar-refractivity contribution in [3.63, 3.8) is 0 Å². The van der Waals surface area contributed by atoms with Crippen LogP contribution in [0.4, 0.5) is 0 Å². The van der Waals surface area contributed by atoms with Gasteiger partial charge in [-0.25, -0.2) is 0 Å². The van der Waals surface area contributed by atoms with Gasteiger partial charge in [-0.15, -0.1) is 0 Å². The summed E-state index contributed by atoms with van der Waals surface area (Å²) in [5.41, 5.74) is 2.77. The summed E-state index contributed by atoms with van der Waals surface area (Å²) >= 11 is 0. The number of hydrogen-bond donors (Lipinski definition) is 0. The Labute approximate surface area is 80.7 Å². The second-order valence-corrected chi connectivity index (χ2v) is 4.49. The Morgan fingerprint density at radius 1 is 1.08 bits per heavy atom. The van der Waals surface area contributed by atoms with E-state index in [0.717, 1.165) is 5.75 Å². The SMILES string of the molecule is COc1cc(C)cc(C(C)(C)C)c1. The van der Waals surface area contributed by atoms with Crippen molar-refractivity contribution in [2.45, 2.75) is 33.1 Å². The summed E-state index contributed by atoms with van der Waals surface area (Å²) in [4.78, 5) is 0. The highest BCUT2D eigenvalue weighted by atomic mass is 16.5. The molecular weight excluding hydrogens is 160 g/mol. The van der Waals surface area contributed by atoms with Gasteiger partial charge in [-0.3, -0.25) is 0 Å². The third-order valence-corrected chi connectivity index (χ3v) is 2.15. The normalized spacial score (nSPS) is 11.5. The molecule has 1 heteroatoms. The molecule has 0 aromatic heterocycles. The summed E-state index contributed by atoms with van der Waals surface area (Å²) < 4.78 is 5.23. The van der Waals surface area contributed by atoms with E-state index in [9.17, 15) is 0 Å². The quantitative estimate of drug-likeness (QED) is 0.641. The summed E-state index contributed by atoms with van der Waals surface area (Å²) in [6.45, 7) is 8.72. The van der Waals surface area contributed by atoms with E-state index in [1.165, 1.54) is 11.1 Å². The lowest BCUT2D eigenvalue weighted by molar-refractivity contribution is 0.412. The minimum atomic E-state index is 0.194. The Kier molecular flexibility index (Phi) is 2.65. The van der Waals surface area contributed by atoms with E-state index in [0.29, 0.717) is 0 Å². The molecule has 0 saturated carbocycles. The molecule has 0 aliphatic carbocycles. The Hall–Kier alpha value is -0.980. The van der Waals surface area contributed by atoms with Crippen molar-refractivity contribution in [3.8, 4) is 5.75 Å². The predicted molar refractivity (Wildman–Crippen MR) is 56.4 cm³/mol. The minimum absolute atomic E-state index is 0.194. The van der Waals surface area contributed by atoms with Gasteiger partial charge >= 0.3 is 0 Å². The van der Waals surface area contributed by atoms with Gasteiger partial charge in [-0.05, 0) is 35.6 Å². The fourth-order valence-electron chi connectivity index (χ4n) is 1.30. The predicted octanol–water partition coefficient (Wildman–Crippen LogP) is 3.30. The monoisotopic (exact) mass is 178 g/mol. The Balaban J connectivity index is 3.16. The van der Waals surface area contributed by atoms with Gasteiger partial charge in [-0.2, -0.15) is 0 Å². The van der Waals surface area contributed by atoms with Crippen LogP contribution in [0.3, 0.4) is 0 Å². The molecule has 1 nitrogen and oxygen atoms in total. The van der Waals surface area contributed by atoms with Crippen LogP contribution in [0.1, 0.15) is 31.9 Å². The summed E-state index contributed by atoms with van der Waals surface area (Å²) in [6, 6.07) is 6.37. The first-order chi connectivity index (χ1) is 5.93. The van der Waals surface area contributed by atoms with Gasteiger partial charge in [-0.1, -0.05) is 26.8 Å². The van der Waals surface area contributed by atoms with Gasteiger partial charge in [0, 0.05) is 0 Å². The topological polar surface area (TPSA) is 9.23 Å². The van der Waals surface area contributed by atoms with Crippen LogP contribution in [0.15, 0.2) is 18.2 Å². The van der Waals surface area contributed by atoms with Crippen molar-refractivity contribution in [2.24, 2.45) is 0 Å². The molecule has 0 heterocycles. The van der Waals surface area contributed by atoms with Crippen molar-refractivity contribution >= 4 is 0 Å². The zero-order valence-electron chi connectivity index (χ0n) is 9.14. The van der Waals surface area contributed by atoms with Crippen LogP contribution in [0.25, 0.3) is 0 Å². The largest absolute Gasteiger partial charge is 0.497 e. The van der Waals surface area contributed by atoms with Gasteiger partial charge in [0.15, 0.2) is 0 Å². The summed E-state index contributed by atoms with van der Waals surface area (Å²) in [5.74, 6) is 0.949. The third kappa shape index (κ3) is 2.48. The lowest BCUT2D eigenvalue weighted by Crippen LogP contribution is -2.11. The zero-order valence-corrected chi connectivity index (χ0v) is 9.14. The lowest BCUT2D eigenvalue weighted by atomic mass is 9.86. The van der Waals surface area contributed by atoms with Crippen molar-refractivity contribution < 1.29 is 4.74 Å². The molecule has 0 N–H and O–H groups in total. The zero-order chi connectivity index (χ0) is 10.1. The van der Waals surface area contributed by atoms with Crippen LogP contribution in [-0.4, -0.2) is 7.11 Å². The second kappa shape index (κ2) is 3.41. The fraction of sp³-hybridized carbons (Fsp3) is 0.500. The van der Waals surface area contributed by atoms with Crippen LogP contribution >= 0.6 is 0 Å². The summed E-state index contributed by atoms with van der Waals surface area (Å²) in [5, 5.41) is 0. The van der Waals surface area contributed by atoms with Crippen molar-refractivity contribution in [1.82, 2.24) is 0 Å². The molecule has 72 valence electrons. The van der Waals surface area contributed by atoms with E-state index in [1.54, 1.807) is 7.11 Å².